The summed E-state index contributed by atoms with van der Waals surface area (Å²) in [4.78, 5) is 15.8. The Morgan fingerprint density at radius 1 is 1.47 bits per heavy atom. The zero-order valence-electron chi connectivity index (χ0n) is 10.1. The lowest BCUT2D eigenvalue weighted by molar-refractivity contribution is 0.0924. The van der Waals surface area contributed by atoms with Gasteiger partial charge in [-0.25, -0.2) is 4.98 Å². The van der Waals surface area contributed by atoms with Crippen LogP contribution in [0.4, 0.5) is 0 Å². The molecule has 1 rings (SSSR count). The Labute approximate surface area is 112 Å². The third-order valence-electron chi connectivity index (χ3n) is 2.63. The molecule has 1 aromatic heterocycles. The van der Waals surface area contributed by atoms with E-state index in [1.807, 2.05) is 6.92 Å². The SMILES string of the molecule is CCC(NC(=O)c1cc(Cl)ncc1Cl)C(C)C. The van der Waals surface area contributed by atoms with E-state index in [1.54, 1.807) is 0 Å². The molecule has 1 amide bonds. The molecule has 3 nitrogen and oxygen atoms in total. The molecular formula is C12H16Cl2N2O. The van der Waals surface area contributed by atoms with Gasteiger partial charge in [0.2, 0.25) is 0 Å². The van der Waals surface area contributed by atoms with Crippen LogP contribution in [0.25, 0.3) is 0 Å². The number of carbonyl (C=O) groups is 1. The van der Waals surface area contributed by atoms with Gasteiger partial charge in [0, 0.05) is 12.2 Å². The van der Waals surface area contributed by atoms with E-state index in [4.69, 9.17) is 23.2 Å². The molecule has 0 aliphatic carbocycles. The molecule has 0 aliphatic heterocycles. The minimum atomic E-state index is -0.208. The van der Waals surface area contributed by atoms with E-state index in [1.165, 1.54) is 12.3 Å². The Bertz CT molecular complexity index is 407. The first-order valence-corrected chi connectivity index (χ1v) is 6.33. The van der Waals surface area contributed by atoms with Gasteiger partial charge in [-0.3, -0.25) is 4.79 Å². The van der Waals surface area contributed by atoms with Gasteiger partial charge in [-0.1, -0.05) is 44.0 Å². The van der Waals surface area contributed by atoms with Gasteiger partial charge in [0.15, 0.2) is 0 Å². The van der Waals surface area contributed by atoms with Crippen molar-refractivity contribution in [2.75, 3.05) is 0 Å². The molecule has 1 N–H and O–H groups in total. The molecule has 1 unspecified atom stereocenters. The Balaban J connectivity index is 2.86. The zero-order valence-corrected chi connectivity index (χ0v) is 11.6. The van der Waals surface area contributed by atoms with Crippen LogP contribution in [0.1, 0.15) is 37.6 Å². The second-order valence-corrected chi connectivity index (χ2v) is 5.01. The van der Waals surface area contributed by atoms with Crippen LogP contribution in [-0.4, -0.2) is 16.9 Å². The highest BCUT2D eigenvalue weighted by atomic mass is 35.5. The number of hydrogen-bond acceptors (Lipinski definition) is 2. The molecule has 0 radical (unpaired) electrons. The number of nitrogens with zero attached hydrogens (tertiary/aromatic N) is 1. The first-order valence-electron chi connectivity index (χ1n) is 5.57. The quantitative estimate of drug-likeness (QED) is 0.854. The molecule has 1 heterocycles. The summed E-state index contributed by atoms with van der Waals surface area (Å²) < 4.78 is 0. The highest BCUT2D eigenvalue weighted by Crippen LogP contribution is 2.18. The van der Waals surface area contributed by atoms with Gasteiger partial charge < -0.3 is 5.32 Å². The predicted molar refractivity (Wildman–Crippen MR) is 70.6 cm³/mol. The van der Waals surface area contributed by atoms with Crippen molar-refractivity contribution >= 4 is 29.1 Å². The van der Waals surface area contributed by atoms with Gasteiger partial charge in [0.05, 0.1) is 10.6 Å². The highest BCUT2D eigenvalue weighted by Gasteiger charge is 2.17. The second kappa shape index (κ2) is 6.22. The number of rotatable bonds is 4. The van der Waals surface area contributed by atoms with Gasteiger partial charge in [-0.05, 0) is 18.4 Å². The highest BCUT2D eigenvalue weighted by molar-refractivity contribution is 6.35. The minimum Gasteiger partial charge on any atom is -0.349 e. The van der Waals surface area contributed by atoms with Gasteiger partial charge in [0.1, 0.15) is 5.15 Å². The number of halogens is 2. The molecule has 5 heteroatoms. The predicted octanol–water partition coefficient (Wildman–Crippen LogP) is 3.55. The number of nitrogens with one attached hydrogen (secondary N) is 1. The molecule has 0 fully saturated rings. The minimum absolute atomic E-state index is 0.130. The lowest BCUT2D eigenvalue weighted by Gasteiger charge is -2.20. The normalized spacial score (nSPS) is 12.6. The molecule has 0 saturated heterocycles. The summed E-state index contributed by atoms with van der Waals surface area (Å²) >= 11 is 11.7. The van der Waals surface area contributed by atoms with E-state index >= 15 is 0 Å². The molecule has 94 valence electrons. The van der Waals surface area contributed by atoms with E-state index in [0.29, 0.717) is 16.5 Å². The average molecular weight is 275 g/mol. The van der Waals surface area contributed by atoms with E-state index in [2.05, 4.69) is 24.1 Å². The Morgan fingerprint density at radius 3 is 2.65 bits per heavy atom. The fourth-order valence-corrected chi connectivity index (χ4v) is 1.92. The van der Waals surface area contributed by atoms with Gasteiger partial charge in [-0.2, -0.15) is 0 Å². The lowest BCUT2D eigenvalue weighted by atomic mass is 10.0. The molecule has 0 aromatic carbocycles. The third-order valence-corrected chi connectivity index (χ3v) is 3.14. The summed E-state index contributed by atoms with van der Waals surface area (Å²) in [7, 11) is 0. The Morgan fingerprint density at radius 2 is 2.12 bits per heavy atom. The summed E-state index contributed by atoms with van der Waals surface area (Å²) in [5.74, 6) is 0.167. The average Bonchev–Trinajstić information content (AvgIpc) is 2.28. The fraction of sp³-hybridized carbons (Fsp3) is 0.500. The van der Waals surface area contributed by atoms with Gasteiger partial charge in [-0.15, -0.1) is 0 Å². The lowest BCUT2D eigenvalue weighted by Crippen LogP contribution is -2.38. The van der Waals surface area contributed by atoms with Crippen molar-refractivity contribution < 1.29 is 4.79 Å². The van der Waals surface area contributed by atoms with Crippen molar-refractivity contribution in [2.24, 2.45) is 5.92 Å². The van der Waals surface area contributed by atoms with Crippen molar-refractivity contribution in [1.29, 1.82) is 0 Å². The van der Waals surface area contributed by atoms with Crippen LogP contribution in [0.15, 0.2) is 12.3 Å². The molecule has 1 aromatic rings. The first-order chi connectivity index (χ1) is 7.95. The smallest absolute Gasteiger partial charge is 0.253 e. The molecular weight excluding hydrogens is 259 g/mol. The zero-order chi connectivity index (χ0) is 13.0. The summed E-state index contributed by atoms with van der Waals surface area (Å²) in [6, 6.07) is 1.61. The van der Waals surface area contributed by atoms with Gasteiger partial charge in [0.25, 0.3) is 5.91 Å². The van der Waals surface area contributed by atoms with Crippen LogP contribution in [0, 0.1) is 5.92 Å². The van der Waals surface area contributed by atoms with Crippen molar-refractivity contribution in [3.63, 3.8) is 0 Å². The molecule has 0 spiro atoms. The van der Waals surface area contributed by atoms with Gasteiger partial charge >= 0.3 is 0 Å². The van der Waals surface area contributed by atoms with Crippen molar-refractivity contribution in [3.8, 4) is 0 Å². The fourth-order valence-electron chi connectivity index (χ4n) is 1.57. The van der Waals surface area contributed by atoms with Crippen LogP contribution in [0.3, 0.4) is 0 Å². The maximum Gasteiger partial charge on any atom is 0.253 e. The summed E-state index contributed by atoms with van der Waals surface area (Å²) in [6.07, 6.45) is 2.26. The molecule has 0 saturated carbocycles. The maximum atomic E-state index is 12.0. The van der Waals surface area contributed by atoms with E-state index in [0.717, 1.165) is 6.42 Å². The monoisotopic (exact) mass is 274 g/mol. The molecule has 17 heavy (non-hydrogen) atoms. The first kappa shape index (κ1) is 14.3. The number of pyridine rings is 1. The topological polar surface area (TPSA) is 42.0 Å². The van der Waals surface area contributed by atoms with E-state index < -0.39 is 0 Å². The van der Waals surface area contributed by atoms with E-state index in [9.17, 15) is 4.79 Å². The molecule has 0 bridgehead atoms. The van der Waals surface area contributed by atoms with E-state index in [-0.39, 0.29) is 17.1 Å². The summed E-state index contributed by atoms with van der Waals surface area (Å²) in [5, 5.41) is 3.51. The molecule has 1 atom stereocenters. The standard InChI is InChI=1S/C12H16Cl2N2O/c1-4-10(7(2)3)16-12(17)8-5-11(14)15-6-9(8)13/h5-7,10H,4H2,1-3H3,(H,16,17). The summed E-state index contributed by atoms with van der Waals surface area (Å²) in [6.45, 7) is 6.16. The van der Waals surface area contributed by atoms with Crippen LogP contribution in [0.2, 0.25) is 10.2 Å². The maximum absolute atomic E-state index is 12.0. The van der Waals surface area contributed by atoms with Crippen LogP contribution in [0.5, 0.6) is 0 Å². The number of hydrogen-bond donors (Lipinski definition) is 1. The number of carbonyl (C=O) groups excluding carboxylic acids is 1. The van der Waals surface area contributed by atoms with Crippen LogP contribution < -0.4 is 5.32 Å². The Hall–Kier alpha value is -0.800. The Kier molecular flexibility index (Phi) is 5.22. The van der Waals surface area contributed by atoms with Crippen molar-refractivity contribution in [2.45, 2.75) is 33.2 Å². The largest absolute Gasteiger partial charge is 0.349 e. The number of amides is 1. The second-order valence-electron chi connectivity index (χ2n) is 4.22. The summed E-state index contributed by atoms with van der Waals surface area (Å²) in [5.41, 5.74) is 0.366. The van der Waals surface area contributed by atoms with Crippen LogP contribution in [-0.2, 0) is 0 Å². The van der Waals surface area contributed by atoms with Crippen LogP contribution >= 0.6 is 23.2 Å². The third kappa shape index (κ3) is 3.86. The van der Waals surface area contributed by atoms with Crippen molar-refractivity contribution in [1.82, 2.24) is 10.3 Å². The molecule has 0 aliphatic rings. The van der Waals surface area contributed by atoms with Crippen molar-refractivity contribution in [3.05, 3.63) is 28.0 Å². The number of aromatic nitrogens is 1.